The van der Waals surface area contributed by atoms with Gasteiger partial charge in [0.2, 0.25) is 0 Å². The average molecular weight is 265 g/mol. The monoisotopic (exact) mass is 265 g/mol. The van der Waals surface area contributed by atoms with Gasteiger partial charge in [0.05, 0.1) is 0 Å². The summed E-state index contributed by atoms with van der Waals surface area (Å²) in [5.74, 6) is 0.968. The van der Waals surface area contributed by atoms with Crippen LogP contribution in [-0.4, -0.2) is 31.1 Å². The summed E-state index contributed by atoms with van der Waals surface area (Å²) >= 11 is 0. The Hall–Kier alpha value is -1.02. The van der Waals surface area contributed by atoms with E-state index in [4.69, 9.17) is 4.74 Å². The highest BCUT2D eigenvalue weighted by molar-refractivity contribution is 5.31. The summed E-state index contributed by atoms with van der Waals surface area (Å²) in [4.78, 5) is 2.36. The van der Waals surface area contributed by atoms with Crippen molar-refractivity contribution in [3.8, 4) is 5.75 Å². The quantitative estimate of drug-likeness (QED) is 0.758. The minimum atomic E-state index is 0. The van der Waals surface area contributed by atoms with Gasteiger partial charge in [0.15, 0.2) is 0 Å². The highest BCUT2D eigenvalue weighted by Crippen LogP contribution is 2.24. The van der Waals surface area contributed by atoms with Crippen LogP contribution in [0.15, 0.2) is 24.3 Å². The zero-order valence-electron chi connectivity index (χ0n) is 12.5. The summed E-state index contributed by atoms with van der Waals surface area (Å²) in [5.41, 5.74) is 1.55. The molecule has 0 unspecified atom stereocenters. The number of likely N-dealkylation sites (N-methyl/N-ethyl adjacent to an activating group) is 1. The maximum absolute atomic E-state index is 5.77. The van der Waals surface area contributed by atoms with Gasteiger partial charge in [0.1, 0.15) is 12.4 Å². The lowest BCUT2D eigenvalue weighted by Gasteiger charge is -2.20. The molecule has 0 amide bonds. The predicted molar refractivity (Wildman–Crippen MR) is 85.2 cm³/mol. The predicted octanol–water partition coefficient (Wildman–Crippen LogP) is 4.34. The Morgan fingerprint density at radius 1 is 1.00 bits per heavy atom. The maximum Gasteiger partial charge on any atom is 0.119 e. The molecule has 0 saturated carbocycles. The fraction of sp³-hybridized carbons (Fsp3) is 0.647. The first-order valence-electron chi connectivity index (χ1n) is 6.93. The van der Waals surface area contributed by atoms with Gasteiger partial charge < -0.3 is 9.64 Å². The van der Waals surface area contributed by atoms with E-state index >= 15 is 0 Å². The summed E-state index contributed by atoms with van der Waals surface area (Å²) < 4.78 is 5.77. The van der Waals surface area contributed by atoms with Crippen LogP contribution >= 0.6 is 0 Å². The molecular weight excluding hydrogens is 234 g/mol. The van der Waals surface area contributed by atoms with Gasteiger partial charge in [0, 0.05) is 6.54 Å². The minimum absolute atomic E-state index is 0. The van der Waals surface area contributed by atoms with E-state index in [9.17, 15) is 0 Å². The molecule has 0 aromatic heterocycles. The van der Waals surface area contributed by atoms with E-state index in [0.717, 1.165) is 32.0 Å². The van der Waals surface area contributed by atoms with Crippen LogP contribution in [0.3, 0.4) is 0 Å². The second-order valence-electron chi connectivity index (χ2n) is 5.65. The molecule has 0 N–H and O–H groups in total. The third-order valence-electron chi connectivity index (χ3n) is 3.29. The van der Waals surface area contributed by atoms with E-state index in [0.29, 0.717) is 0 Å². The molecule has 2 heteroatoms. The van der Waals surface area contributed by atoms with Gasteiger partial charge >= 0.3 is 0 Å². The van der Waals surface area contributed by atoms with Gasteiger partial charge in [-0.3, -0.25) is 0 Å². The van der Waals surface area contributed by atoms with E-state index in [-0.39, 0.29) is 12.8 Å². The molecule has 0 spiro atoms. The molecule has 1 rings (SSSR count). The first-order chi connectivity index (χ1) is 8.47. The molecule has 0 aliphatic carbocycles. The van der Waals surface area contributed by atoms with E-state index in [1.807, 2.05) is 0 Å². The lowest BCUT2D eigenvalue weighted by molar-refractivity contribution is 0.223. The lowest BCUT2D eigenvalue weighted by Crippen LogP contribution is -2.27. The Kier molecular flexibility index (Phi) is 7.77. The molecule has 19 heavy (non-hydrogen) atoms. The van der Waals surface area contributed by atoms with Crippen LogP contribution in [0.4, 0.5) is 0 Å². The Balaban J connectivity index is 0.00000324. The largest absolute Gasteiger partial charge is 0.492 e. The van der Waals surface area contributed by atoms with Gasteiger partial charge in [0.25, 0.3) is 0 Å². The fourth-order valence-electron chi connectivity index (χ4n) is 1.88. The minimum Gasteiger partial charge on any atom is -0.492 e. The van der Waals surface area contributed by atoms with Crippen LogP contribution in [0.2, 0.25) is 0 Å². The SMILES string of the molecule is C.CCN(CC)CCOc1ccc(C(C)(C)C)cc1. The Bertz CT molecular complexity index is 333. The molecule has 1 aromatic rings. The van der Waals surface area contributed by atoms with Crippen LogP contribution in [0.5, 0.6) is 5.75 Å². The highest BCUT2D eigenvalue weighted by atomic mass is 16.5. The number of hydrogen-bond acceptors (Lipinski definition) is 2. The molecule has 0 bridgehead atoms. The summed E-state index contributed by atoms with van der Waals surface area (Å²) in [5, 5.41) is 0. The van der Waals surface area contributed by atoms with Crippen LogP contribution in [0.1, 0.15) is 47.6 Å². The first-order valence-corrected chi connectivity index (χ1v) is 6.93. The molecule has 0 atom stereocenters. The van der Waals surface area contributed by atoms with E-state index in [1.165, 1.54) is 5.56 Å². The molecule has 0 aliphatic heterocycles. The van der Waals surface area contributed by atoms with Crippen molar-refractivity contribution >= 4 is 0 Å². The van der Waals surface area contributed by atoms with Crippen LogP contribution in [0.25, 0.3) is 0 Å². The maximum atomic E-state index is 5.77. The summed E-state index contributed by atoms with van der Waals surface area (Å²) in [6.07, 6.45) is 0. The molecule has 1 aromatic carbocycles. The van der Waals surface area contributed by atoms with Crippen molar-refractivity contribution in [3.63, 3.8) is 0 Å². The Labute approximate surface area is 119 Å². The van der Waals surface area contributed by atoms with Crippen molar-refractivity contribution in [1.82, 2.24) is 4.90 Å². The average Bonchev–Trinajstić information content (AvgIpc) is 2.34. The van der Waals surface area contributed by atoms with Crippen molar-refractivity contribution in [2.75, 3.05) is 26.2 Å². The molecule has 0 fully saturated rings. The second kappa shape index (κ2) is 8.21. The van der Waals surface area contributed by atoms with Crippen molar-refractivity contribution in [2.24, 2.45) is 0 Å². The van der Waals surface area contributed by atoms with E-state index < -0.39 is 0 Å². The third-order valence-corrected chi connectivity index (χ3v) is 3.29. The van der Waals surface area contributed by atoms with Gasteiger partial charge in [-0.2, -0.15) is 0 Å². The molecular formula is C17H31NO. The number of hydrogen-bond donors (Lipinski definition) is 0. The van der Waals surface area contributed by atoms with Crippen molar-refractivity contribution in [1.29, 1.82) is 0 Å². The van der Waals surface area contributed by atoms with E-state index in [2.05, 4.69) is 63.8 Å². The summed E-state index contributed by atoms with van der Waals surface area (Å²) in [7, 11) is 0. The normalized spacial score (nSPS) is 11.3. The molecule has 110 valence electrons. The fourth-order valence-corrected chi connectivity index (χ4v) is 1.88. The highest BCUT2D eigenvalue weighted by Gasteiger charge is 2.12. The Morgan fingerprint density at radius 2 is 1.53 bits per heavy atom. The molecule has 0 radical (unpaired) electrons. The lowest BCUT2D eigenvalue weighted by atomic mass is 9.87. The van der Waals surface area contributed by atoms with Crippen LogP contribution in [-0.2, 0) is 5.41 Å². The second-order valence-corrected chi connectivity index (χ2v) is 5.65. The van der Waals surface area contributed by atoms with E-state index in [1.54, 1.807) is 0 Å². The number of nitrogens with zero attached hydrogens (tertiary/aromatic N) is 1. The zero-order valence-corrected chi connectivity index (χ0v) is 12.5. The molecule has 2 nitrogen and oxygen atoms in total. The number of ether oxygens (including phenoxy) is 1. The van der Waals surface area contributed by atoms with Crippen molar-refractivity contribution < 1.29 is 4.74 Å². The number of benzene rings is 1. The zero-order chi connectivity index (χ0) is 13.6. The third kappa shape index (κ3) is 6.11. The molecule has 0 saturated heterocycles. The summed E-state index contributed by atoms with van der Waals surface area (Å²) in [6, 6.07) is 8.46. The van der Waals surface area contributed by atoms with Gasteiger partial charge in [-0.15, -0.1) is 0 Å². The first kappa shape index (κ1) is 18.0. The van der Waals surface area contributed by atoms with Crippen LogP contribution < -0.4 is 4.74 Å². The van der Waals surface area contributed by atoms with Crippen molar-refractivity contribution in [2.45, 2.75) is 47.5 Å². The van der Waals surface area contributed by atoms with Gasteiger partial charge in [-0.05, 0) is 36.2 Å². The number of rotatable bonds is 6. The van der Waals surface area contributed by atoms with Crippen molar-refractivity contribution in [3.05, 3.63) is 29.8 Å². The topological polar surface area (TPSA) is 12.5 Å². The van der Waals surface area contributed by atoms with Gasteiger partial charge in [-0.25, -0.2) is 0 Å². The molecule has 0 aliphatic rings. The standard InChI is InChI=1S/C16H27NO.CH4/c1-6-17(7-2)12-13-18-15-10-8-14(9-11-15)16(3,4)5;/h8-11H,6-7,12-13H2,1-5H3;1H4. The Morgan fingerprint density at radius 3 is 1.95 bits per heavy atom. The van der Waals surface area contributed by atoms with Gasteiger partial charge in [-0.1, -0.05) is 54.2 Å². The summed E-state index contributed by atoms with van der Waals surface area (Å²) in [6.45, 7) is 15.0. The van der Waals surface area contributed by atoms with Crippen LogP contribution in [0, 0.1) is 0 Å². The molecule has 0 heterocycles. The smallest absolute Gasteiger partial charge is 0.119 e.